The molecule has 1 aromatic carbocycles. The number of rotatable bonds is 3. The molecule has 3 aliphatic rings. The van der Waals surface area contributed by atoms with Gasteiger partial charge in [-0.2, -0.15) is 5.10 Å². The van der Waals surface area contributed by atoms with Crippen molar-refractivity contribution in [3.05, 3.63) is 53.6 Å². The Morgan fingerprint density at radius 1 is 1.33 bits per heavy atom. The molecule has 158 valence electrons. The Hall–Kier alpha value is -2.93. The number of benzene rings is 1. The molecule has 4 atom stereocenters. The molecular formula is C23H27N3O4. The molecule has 0 aromatic heterocycles. The molecular weight excluding hydrogens is 382 g/mol. The van der Waals surface area contributed by atoms with Gasteiger partial charge in [-0.15, -0.1) is 0 Å². The number of nitrogens with one attached hydrogen (secondary N) is 2. The van der Waals surface area contributed by atoms with E-state index in [1.807, 2.05) is 31.2 Å². The number of nitrogens with zero attached hydrogens (tertiary/aromatic N) is 1. The number of hydrogen-bond donors (Lipinski definition) is 2. The first-order valence-electron chi connectivity index (χ1n) is 10.3. The Bertz CT molecular complexity index is 921. The zero-order valence-electron chi connectivity index (χ0n) is 17.3. The molecule has 2 N–H and O–H groups in total. The summed E-state index contributed by atoms with van der Waals surface area (Å²) in [7, 11) is 0. The number of anilines is 1. The molecule has 0 unspecified atom stereocenters. The van der Waals surface area contributed by atoms with Crippen molar-refractivity contribution in [3.63, 3.8) is 0 Å². The summed E-state index contributed by atoms with van der Waals surface area (Å²) >= 11 is 0. The van der Waals surface area contributed by atoms with Gasteiger partial charge < -0.3 is 14.8 Å². The third-order valence-electron chi connectivity index (χ3n) is 6.09. The lowest BCUT2D eigenvalue weighted by atomic mass is 9.84. The Labute approximate surface area is 176 Å². The van der Waals surface area contributed by atoms with Crippen LogP contribution in [0.5, 0.6) is 0 Å². The second-order valence-corrected chi connectivity index (χ2v) is 8.40. The molecule has 0 bridgehead atoms. The predicted molar refractivity (Wildman–Crippen MR) is 114 cm³/mol. The number of carbonyl (C=O) groups is 2. The van der Waals surface area contributed by atoms with Crippen LogP contribution in [0, 0.1) is 12.8 Å². The van der Waals surface area contributed by atoms with Gasteiger partial charge in [0.2, 0.25) is 0 Å². The van der Waals surface area contributed by atoms with E-state index >= 15 is 0 Å². The molecule has 1 aromatic rings. The summed E-state index contributed by atoms with van der Waals surface area (Å²) < 4.78 is 11.5. The van der Waals surface area contributed by atoms with Crippen LogP contribution in [0.1, 0.15) is 38.2 Å². The number of ether oxygens (including phenoxy) is 2. The van der Waals surface area contributed by atoms with Crippen LogP contribution in [0.15, 0.2) is 53.2 Å². The Kier molecular flexibility index (Phi) is 5.47. The monoisotopic (exact) mass is 409 g/mol. The van der Waals surface area contributed by atoms with E-state index in [4.69, 9.17) is 9.47 Å². The SMILES string of the molecule is C=C1C(=O)O[C@@H]2[C@H]3O[C@]3(C)CC/C=C(/C=N/NC(=O)Nc3ccc(C)cc3)CC[C@@H]12. The number of allylic oxidation sites excluding steroid dienone is 2. The second kappa shape index (κ2) is 8.07. The molecule has 7 heteroatoms. The highest BCUT2D eigenvalue weighted by atomic mass is 16.6. The molecule has 2 amide bonds. The number of hydrazone groups is 1. The summed E-state index contributed by atoms with van der Waals surface area (Å²) in [4.78, 5) is 24.1. The lowest BCUT2D eigenvalue weighted by Gasteiger charge is -2.19. The standard InChI is InChI=1S/C23H27N3O4/c1-14-6-9-17(10-7-14)25-22(28)26-24-13-16-5-4-12-23(3)20(30-23)19-18(11-8-16)15(2)21(27)29-19/h5-7,9-10,13,18-20H,2,4,8,11-12H2,1,3H3,(H2,25,26,28)/b16-5+,24-13+/t18-,19-,20+,23+/m0/s1. The average molecular weight is 409 g/mol. The van der Waals surface area contributed by atoms with E-state index in [0.29, 0.717) is 17.7 Å². The molecule has 4 rings (SSSR count). The van der Waals surface area contributed by atoms with Crippen LogP contribution >= 0.6 is 0 Å². The van der Waals surface area contributed by atoms with Crippen molar-refractivity contribution in [1.29, 1.82) is 0 Å². The molecule has 1 aliphatic carbocycles. The van der Waals surface area contributed by atoms with Crippen LogP contribution in [0.25, 0.3) is 0 Å². The van der Waals surface area contributed by atoms with E-state index < -0.39 is 6.03 Å². The Morgan fingerprint density at radius 3 is 2.87 bits per heavy atom. The van der Waals surface area contributed by atoms with Gasteiger partial charge in [0.15, 0.2) is 0 Å². The van der Waals surface area contributed by atoms with Gasteiger partial charge in [0, 0.05) is 17.2 Å². The molecule has 2 aliphatic heterocycles. The van der Waals surface area contributed by atoms with Gasteiger partial charge in [0.25, 0.3) is 0 Å². The molecule has 0 radical (unpaired) electrons. The summed E-state index contributed by atoms with van der Waals surface area (Å²) in [6.07, 6.45) is 6.57. The fourth-order valence-electron chi connectivity index (χ4n) is 4.17. The van der Waals surface area contributed by atoms with Gasteiger partial charge in [0.05, 0.1) is 11.8 Å². The summed E-state index contributed by atoms with van der Waals surface area (Å²) in [5.41, 5.74) is 5.58. The first-order chi connectivity index (χ1) is 14.4. The number of hydrogen-bond acceptors (Lipinski definition) is 5. The summed E-state index contributed by atoms with van der Waals surface area (Å²) in [6, 6.07) is 7.13. The minimum Gasteiger partial charge on any atom is -0.455 e. The van der Waals surface area contributed by atoms with Crippen molar-refractivity contribution < 1.29 is 19.1 Å². The second-order valence-electron chi connectivity index (χ2n) is 8.40. The van der Waals surface area contributed by atoms with Crippen molar-refractivity contribution in [1.82, 2.24) is 5.43 Å². The largest absolute Gasteiger partial charge is 0.455 e. The smallest absolute Gasteiger partial charge is 0.339 e. The topological polar surface area (TPSA) is 92.3 Å². The molecule has 2 saturated heterocycles. The van der Waals surface area contributed by atoms with Crippen molar-refractivity contribution in [2.45, 2.75) is 57.3 Å². The van der Waals surface area contributed by atoms with E-state index in [9.17, 15) is 9.59 Å². The van der Waals surface area contributed by atoms with Crippen molar-refractivity contribution in [2.75, 3.05) is 5.32 Å². The average Bonchev–Trinajstić information content (AvgIpc) is 3.30. The molecule has 2 heterocycles. The van der Waals surface area contributed by atoms with Gasteiger partial charge in [-0.25, -0.2) is 15.0 Å². The summed E-state index contributed by atoms with van der Waals surface area (Å²) in [6.45, 7) is 7.98. The van der Waals surface area contributed by atoms with Crippen molar-refractivity contribution in [3.8, 4) is 0 Å². The minimum atomic E-state index is -0.402. The fourth-order valence-corrected chi connectivity index (χ4v) is 4.17. The van der Waals surface area contributed by atoms with Gasteiger partial charge in [-0.05, 0) is 57.2 Å². The highest BCUT2D eigenvalue weighted by Crippen LogP contribution is 2.49. The maximum absolute atomic E-state index is 12.0. The maximum Gasteiger partial charge on any atom is 0.339 e. The van der Waals surface area contributed by atoms with E-state index in [-0.39, 0.29) is 29.7 Å². The number of urea groups is 1. The highest BCUT2D eigenvalue weighted by molar-refractivity contribution is 5.91. The Morgan fingerprint density at radius 2 is 2.10 bits per heavy atom. The summed E-state index contributed by atoms with van der Waals surface area (Å²) in [5.74, 6) is -0.382. The van der Waals surface area contributed by atoms with Crippen LogP contribution in [-0.4, -0.2) is 36.0 Å². The van der Waals surface area contributed by atoms with E-state index in [2.05, 4.69) is 35.4 Å². The Balaban J connectivity index is 1.38. The van der Waals surface area contributed by atoms with Crippen LogP contribution in [0.4, 0.5) is 10.5 Å². The third kappa shape index (κ3) is 4.31. The maximum atomic E-state index is 12.0. The number of amides is 2. The number of epoxide rings is 1. The molecule has 30 heavy (non-hydrogen) atoms. The van der Waals surface area contributed by atoms with E-state index in [0.717, 1.165) is 30.4 Å². The third-order valence-corrected chi connectivity index (χ3v) is 6.09. The minimum absolute atomic E-state index is 0.0542. The molecule has 0 spiro atoms. The normalized spacial score (nSPS) is 32.5. The van der Waals surface area contributed by atoms with Gasteiger partial charge >= 0.3 is 12.0 Å². The molecule has 0 saturated carbocycles. The first kappa shape index (κ1) is 20.3. The lowest BCUT2D eigenvalue weighted by molar-refractivity contribution is -0.140. The number of aryl methyl sites for hydroxylation is 1. The van der Waals surface area contributed by atoms with Crippen LogP contribution in [0.2, 0.25) is 0 Å². The fraction of sp³-hybridized carbons (Fsp3) is 0.435. The predicted octanol–water partition coefficient (Wildman–Crippen LogP) is 3.86. The summed E-state index contributed by atoms with van der Waals surface area (Å²) in [5, 5.41) is 6.83. The quantitative estimate of drug-likeness (QED) is 0.261. The lowest BCUT2D eigenvalue weighted by Crippen LogP contribution is -2.29. The molecule has 2 fully saturated rings. The van der Waals surface area contributed by atoms with Gasteiger partial charge in [0.1, 0.15) is 12.2 Å². The van der Waals surface area contributed by atoms with Gasteiger partial charge in [-0.1, -0.05) is 30.4 Å². The molecule has 7 nitrogen and oxygen atoms in total. The zero-order valence-corrected chi connectivity index (χ0v) is 17.3. The highest BCUT2D eigenvalue weighted by Gasteiger charge is 2.61. The van der Waals surface area contributed by atoms with E-state index in [1.165, 1.54) is 0 Å². The van der Waals surface area contributed by atoms with Gasteiger partial charge in [-0.3, -0.25) is 0 Å². The van der Waals surface area contributed by atoms with Crippen molar-refractivity contribution in [2.24, 2.45) is 11.0 Å². The van der Waals surface area contributed by atoms with Crippen LogP contribution in [0.3, 0.4) is 0 Å². The van der Waals surface area contributed by atoms with Crippen molar-refractivity contribution >= 4 is 23.9 Å². The zero-order chi connectivity index (χ0) is 21.3. The van der Waals surface area contributed by atoms with Crippen LogP contribution in [-0.2, 0) is 14.3 Å². The van der Waals surface area contributed by atoms with E-state index in [1.54, 1.807) is 6.21 Å². The number of carbonyl (C=O) groups excluding carboxylic acids is 2. The first-order valence-corrected chi connectivity index (χ1v) is 10.3. The number of fused-ring (bicyclic) bond motifs is 3. The number of esters is 1. The van der Waals surface area contributed by atoms with Crippen LogP contribution < -0.4 is 10.7 Å².